The molecule has 0 amide bonds. The van der Waals surface area contributed by atoms with Crippen molar-refractivity contribution in [1.82, 2.24) is 0 Å². The molecule has 0 saturated heterocycles. The van der Waals surface area contributed by atoms with Crippen LogP contribution in [0.1, 0.15) is 16.3 Å². The molecule has 0 radical (unpaired) electrons. The molecule has 1 atom stereocenters. The standard InChI is InChI=1S/C12H11NO5/c14-11(15)10-5-9-12(18-10)17-8(6-13-9)4-7-2-1-3-16-7/h1-3,5,8,13H,4,6H2,(H,14,15). The van der Waals surface area contributed by atoms with E-state index in [9.17, 15) is 4.79 Å². The van der Waals surface area contributed by atoms with Gasteiger partial charge in [0.2, 0.25) is 5.76 Å². The van der Waals surface area contributed by atoms with E-state index >= 15 is 0 Å². The second kappa shape index (κ2) is 4.14. The first-order valence-corrected chi connectivity index (χ1v) is 5.52. The lowest BCUT2D eigenvalue weighted by atomic mass is 10.2. The molecule has 18 heavy (non-hydrogen) atoms. The van der Waals surface area contributed by atoms with Crippen molar-refractivity contribution in [3.63, 3.8) is 0 Å². The molecule has 2 N–H and O–H groups in total. The van der Waals surface area contributed by atoms with E-state index in [0.717, 1.165) is 5.76 Å². The second-order valence-electron chi connectivity index (χ2n) is 4.02. The van der Waals surface area contributed by atoms with E-state index in [1.807, 2.05) is 12.1 Å². The highest BCUT2D eigenvalue weighted by Crippen LogP contribution is 2.33. The number of carbonyl (C=O) groups is 1. The Bertz CT molecular complexity index is 557. The molecule has 1 aliphatic heterocycles. The van der Waals surface area contributed by atoms with Crippen LogP contribution in [-0.4, -0.2) is 23.7 Å². The Kier molecular flexibility index (Phi) is 2.47. The molecule has 0 spiro atoms. The predicted molar refractivity (Wildman–Crippen MR) is 61.0 cm³/mol. The molecule has 6 nitrogen and oxygen atoms in total. The van der Waals surface area contributed by atoms with Gasteiger partial charge in [0.1, 0.15) is 17.6 Å². The summed E-state index contributed by atoms with van der Waals surface area (Å²) in [5, 5.41) is 11.9. The number of furan rings is 2. The third-order valence-electron chi connectivity index (χ3n) is 2.71. The average Bonchev–Trinajstić information content (AvgIpc) is 2.96. The van der Waals surface area contributed by atoms with Gasteiger partial charge in [-0.15, -0.1) is 0 Å². The van der Waals surface area contributed by atoms with Crippen molar-refractivity contribution in [3.8, 4) is 5.95 Å². The van der Waals surface area contributed by atoms with Gasteiger partial charge in [-0.3, -0.25) is 0 Å². The molecule has 0 aromatic carbocycles. The molecule has 0 fully saturated rings. The fourth-order valence-corrected chi connectivity index (χ4v) is 1.87. The molecule has 1 unspecified atom stereocenters. The van der Waals surface area contributed by atoms with E-state index in [0.29, 0.717) is 18.7 Å². The topological polar surface area (TPSA) is 84.8 Å². The summed E-state index contributed by atoms with van der Waals surface area (Å²) in [6.07, 6.45) is 2.06. The van der Waals surface area contributed by atoms with Gasteiger partial charge in [0.05, 0.1) is 12.8 Å². The maximum Gasteiger partial charge on any atom is 0.372 e. The van der Waals surface area contributed by atoms with Crippen molar-refractivity contribution in [2.45, 2.75) is 12.5 Å². The van der Waals surface area contributed by atoms with Crippen LogP contribution in [0.2, 0.25) is 0 Å². The van der Waals surface area contributed by atoms with Gasteiger partial charge in [0, 0.05) is 12.5 Å². The van der Waals surface area contributed by atoms with Crippen molar-refractivity contribution < 1.29 is 23.5 Å². The fourth-order valence-electron chi connectivity index (χ4n) is 1.87. The molecule has 0 aliphatic carbocycles. The van der Waals surface area contributed by atoms with Gasteiger partial charge in [-0.2, -0.15) is 0 Å². The van der Waals surface area contributed by atoms with Crippen LogP contribution < -0.4 is 10.1 Å². The Morgan fingerprint density at radius 3 is 3.17 bits per heavy atom. The number of rotatable bonds is 3. The van der Waals surface area contributed by atoms with Gasteiger partial charge in [-0.1, -0.05) is 0 Å². The van der Waals surface area contributed by atoms with Gasteiger partial charge >= 0.3 is 11.9 Å². The first-order valence-electron chi connectivity index (χ1n) is 5.52. The monoisotopic (exact) mass is 249 g/mol. The fraction of sp³-hybridized carbons (Fsp3) is 0.250. The lowest BCUT2D eigenvalue weighted by Gasteiger charge is -2.22. The summed E-state index contributed by atoms with van der Waals surface area (Å²) in [7, 11) is 0. The van der Waals surface area contributed by atoms with Crippen LogP contribution in [-0.2, 0) is 6.42 Å². The first-order chi connectivity index (χ1) is 8.72. The summed E-state index contributed by atoms with van der Waals surface area (Å²) in [5.41, 5.74) is 0.572. The lowest BCUT2D eigenvalue weighted by molar-refractivity contribution is 0.0645. The smallest absolute Gasteiger partial charge is 0.372 e. The summed E-state index contributed by atoms with van der Waals surface area (Å²) < 4.78 is 15.9. The number of carboxylic acid groups (broad SMARTS) is 1. The maximum atomic E-state index is 10.8. The molecule has 94 valence electrons. The van der Waals surface area contributed by atoms with E-state index in [1.54, 1.807) is 6.26 Å². The van der Waals surface area contributed by atoms with Crippen molar-refractivity contribution in [2.24, 2.45) is 0 Å². The van der Waals surface area contributed by atoms with E-state index in [-0.39, 0.29) is 17.8 Å². The number of aromatic carboxylic acids is 1. The van der Waals surface area contributed by atoms with Crippen molar-refractivity contribution in [1.29, 1.82) is 0 Å². The molecule has 2 aromatic rings. The Morgan fingerprint density at radius 2 is 2.44 bits per heavy atom. The first kappa shape index (κ1) is 10.8. The number of hydrogen-bond donors (Lipinski definition) is 2. The van der Waals surface area contributed by atoms with E-state index in [1.165, 1.54) is 6.07 Å². The number of fused-ring (bicyclic) bond motifs is 1. The number of hydrogen-bond acceptors (Lipinski definition) is 5. The molecular weight excluding hydrogens is 238 g/mol. The van der Waals surface area contributed by atoms with Crippen molar-refractivity contribution >= 4 is 11.7 Å². The predicted octanol–water partition coefficient (Wildman–Crippen LogP) is 1.99. The molecule has 0 bridgehead atoms. The zero-order chi connectivity index (χ0) is 12.5. The van der Waals surface area contributed by atoms with Gasteiger partial charge in [-0.05, 0) is 12.1 Å². The number of carboxylic acids is 1. The molecule has 1 aliphatic rings. The third-order valence-corrected chi connectivity index (χ3v) is 2.71. The average molecular weight is 249 g/mol. The Morgan fingerprint density at radius 1 is 1.56 bits per heavy atom. The van der Waals surface area contributed by atoms with Gasteiger partial charge in [0.15, 0.2) is 0 Å². The van der Waals surface area contributed by atoms with E-state index in [2.05, 4.69) is 5.32 Å². The van der Waals surface area contributed by atoms with Crippen LogP contribution in [0, 0.1) is 0 Å². The van der Waals surface area contributed by atoms with Gasteiger partial charge in [0.25, 0.3) is 0 Å². The van der Waals surface area contributed by atoms with Gasteiger partial charge < -0.3 is 24.0 Å². The van der Waals surface area contributed by atoms with E-state index in [4.69, 9.17) is 18.7 Å². The summed E-state index contributed by atoms with van der Waals surface area (Å²) in [6.45, 7) is 0.576. The highest BCUT2D eigenvalue weighted by atomic mass is 16.6. The van der Waals surface area contributed by atoms with Crippen LogP contribution in [0.5, 0.6) is 5.95 Å². The number of ether oxygens (including phenoxy) is 1. The molecule has 0 saturated carbocycles. The quantitative estimate of drug-likeness (QED) is 0.865. The summed E-state index contributed by atoms with van der Waals surface area (Å²) in [4.78, 5) is 10.8. The van der Waals surface area contributed by atoms with Crippen molar-refractivity contribution in [2.75, 3.05) is 11.9 Å². The molecular formula is C12H11NO5. The Hall–Kier alpha value is -2.37. The minimum Gasteiger partial charge on any atom is -0.475 e. The molecule has 3 heterocycles. The SMILES string of the molecule is O=C(O)c1cc2c(o1)OC(Cc1ccco1)CN2. The van der Waals surface area contributed by atoms with Crippen LogP contribution in [0.4, 0.5) is 5.69 Å². The molecule has 3 rings (SSSR count). The normalized spacial score (nSPS) is 17.7. The third kappa shape index (κ3) is 1.92. The minimum absolute atomic E-state index is 0.133. The molecule has 6 heteroatoms. The zero-order valence-electron chi connectivity index (χ0n) is 9.38. The Labute approximate surface area is 102 Å². The minimum atomic E-state index is -1.11. The largest absolute Gasteiger partial charge is 0.475 e. The second-order valence-corrected chi connectivity index (χ2v) is 4.02. The highest BCUT2D eigenvalue weighted by Gasteiger charge is 2.26. The van der Waals surface area contributed by atoms with Crippen LogP contribution in [0.3, 0.4) is 0 Å². The highest BCUT2D eigenvalue weighted by molar-refractivity contribution is 5.86. The maximum absolute atomic E-state index is 10.8. The van der Waals surface area contributed by atoms with Crippen molar-refractivity contribution in [3.05, 3.63) is 36.0 Å². The van der Waals surface area contributed by atoms with Crippen LogP contribution >= 0.6 is 0 Å². The number of anilines is 1. The van der Waals surface area contributed by atoms with Gasteiger partial charge in [-0.25, -0.2) is 4.79 Å². The lowest BCUT2D eigenvalue weighted by Crippen LogP contribution is -2.31. The van der Waals surface area contributed by atoms with Crippen LogP contribution in [0.15, 0.2) is 33.3 Å². The summed E-state index contributed by atoms with van der Waals surface area (Å²) in [6, 6.07) is 5.09. The molecule has 2 aromatic heterocycles. The van der Waals surface area contributed by atoms with Crippen LogP contribution in [0.25, 0.3) is 0 Å². The summed E-state index contributed by atoms with van der Waals surface area (Å²) in [5.74, 6) is -0.214. The van der Waals surface area contributed by atoms with E-state index < -0.39 is 5.97 Å². The zero-order valence-corrected chi connectivity index (χ0v) is 9.38. The summed E-state index contributed by atoms with van der Waals surface area (Å²) >= 11 is 0. The number of nitrogens with one attached hydrogen (secondary N) is 1. The Balaban J connectivity index is 1.74.